The van der Waals surface area contributed by atoms with Crippen LogP contribution in [0.1, 0.15) is 18.1 Å². The Labute approximate surface area is 154 Å². The third kappa shape index (κ3) is 5.37. The number of nitrogens with two attached hydrogens (primary N) is 1. The molecule has 2 aromatic rings. The zero-order valence-corrected chi connectivity index (χ0v) is 15.2. The normalized spacial score (nSPS) is 10.8. The van der Waals surface area contributed by atoms with Crippen LogP contribution in [0.4, 0.5) is 0 Å². The van der Waals surface area contributed by atoms with Crippen LogP contribution in [0.3, 0.4) is 0 Å². The predicted octanol–water partition coefficient (Wildman–Crippen LogP) is 3.82. The average Bonchev–Trinajstić information content (AvgIpc) is 2.60. The standard InChI is InChI=1S/C19H17BrN2O3/c1-2-24-18-10-14(9-15(11-21)19(22)23)5-8-17(18)25-12-13-3-6-16(20)7-4-13/h3-10H,2,12H2,1H3,(H2,22,23)/b15-9-. The van der Waals surface area contributed by atoms with Crippen LogP contribution in [0, 0.1) is 11.3 Å². The van der Waals surface area contributed by atoms with E-state index in [9.17, 15) is 4.79 Å². The zero-order valence-electron chi connectivity index (χ0n) is 13.7. The molecule has 6 heteroatoms. The molecule has 0 saturated carbocycles. The summed E-state index contributed by atoms with van der Waals surface area (Å²) in [6.45, 7) is 2.72. The molecule has 0 radical (unpaired) electrons. The molecule has 5 nitrogen and oxygen atoms in total. The number of nitrogens with zero attached hydrogens (tertiary/aromatic N) is 1. The molecule has 2 rings (SSSR count). The number of halogens is 1. The minimum atomic E-state index is -0.768. The van der Waals surface area contributed by atoms with Gasteiger partial charge in [-0.2, -0.15) is 5.26 Å². The first kappa shape index (κ1) is 18.6. The molecule has 0 fully saturated rings. The molecule has 1 amide bonds. The highest BCUT2D eigenvalue weighted by Crippen LogP contribution is 2.30. The Morgan fingerprint density at radius 2 is 1.92 bits per heavy atom. The number of amides is 1. The third-order valence-electron chi connectivity index (χ3n) is 3.27. The minimum absolute atomic E-state index is 0.119. The number of benzene rings is 2. The molecule has 2 N–H and O–H groups in total. The number of carbonyl (C=O) groups excluding carboxylic acids is 1. The second-order valence-electron chi connectivity index (χ2n) is 5.09. The molecule has 0 saturated heterocycles. The van der Waals surface area contributed by atoms with Crippen molar-refractivity contribution in [1.82, 2.24) is 0 Å². The first-order valence-electron chi connectivity index (χ1n) is 7.59. The topological polar surface area (TPSA) is 85.3 Å². The lowest BCUT2D eigenvalue weighted by atomic mass is 10.1. The van der Waals surface area contributed by atoms with Crippen molar-refractivity contribution in [1.29, 1.82) is 5.26 Å². The molecule has 0 aromatic heterocycles. The van der Waals surface area contributed by atoms with Crippen LogP contribution >= 0.6 is 15.9 Å². The molecule has 25 heavy (non-hydrogen) atoms. The molecule has 128 valence electrons. The number of primary amides is 1. The van der Waals surface area contributed by atoms with Crippen molar-refractivity contribution in [2.75, 3.05) is 6.61 Å². The van der Waals surface area contributed by atoms with Crippen molar-refractivity contribution in [2.45, 2.75) is 13.5 Å². The van der Waals surface area contributed by atoms with Gasteiger partial charge in [0.05, 0.1) is 6.61 Å². The van der Waals surface area contributed by atoms with E-state index in [0.29, 0.717) is 30.3 Å². The van der Waals surface area contributed by atoms with Gasteiger partial charge >= 0.3 is 0 Å². The van der Waals surface area contributed by atoms with Crippen LogP contribution in [0.2, 0.25) is 0 Å². The van der Waals surface area contributed by atoms with Crippen molar-refractivity contribution >= 4 is 27.9 Å². The second-order valence-corrected chi connectivity index (χ2v) is 6.00. The lowest BCUT2D eigenvalue weighted by molar-refractivity contribution is -0.114. The van der Waals surface area contributed by atoms with E-state index in [2.05, 4.69) is 15.9 Å². The number of ether oxygens (including phenoxy) is 2. The fraction of sp³-hybridized carbons (Fsp3) is 0.158. The van der Waals surface area contributed by atoms with Gasteiger partial charge in [-0.25, -0.2) is 0 Å². The quantitative estimate of drug-likeness (QED) is 0.565. The van der Waals surface area contributed by atoms with Gasteiger partial charge < -0.3 is 15.2 Å². The molecule has 0 aliphatic rings. The Kier molecular flexibility index (Phi) is 6.61. The van der Waals surface area contributed by atoms with E-state index >= 15 is 0 Å². The Morgan fingerprint density at radius 3 is 2.52 bits per heavy atom. The highest BCUT2D eigenvalue weighted by Gasteiger charge is 2.09. The van der Waals surface area contributed by atoms with Gasteiger partial charge in [-0.05, 0) is 48.4 Å². The van der Waals surface area contributed by atoms with Crippen LogP contribution in [-0.4, -0.2) is 12.5 Å². The molecule has 0 bridgehead atoms. The molecular weight excluding hydrogens is 384 g/mol. The Morgan fingerprint density at radius 1 is 1.20 bits per heavy atom. The molecule has 0 spiro atoms. The summed E-state index contributed by atoms with van der Waals surface area (Å²) in [6, 6.07) is 14.8. The molecule has 0 heterocycles. The van der Waals surface area contributed by atoms with Gasteiger partial charge in [0.15, 0.2) is 11.5 Å². The zero-order chi connectivity index (χ0) is 18.2. The highest BCUT2D eigenvalue weighted by molar-refractivity contribution is 9.10. The lowest BCUT2D eigenvalue weighted by Crippen LogP contribution is -2.12. The summed E-state index contributed by atoms with van der Waals surface area (Å²) in [7, 11) is 0. The number of carbonyl (C=O) groups is 1. The summed E-state index contributed by atoms with van der Waals surface area (Å²) in [5.74, 6) is 0.352. The van der Waals surface area contributed by atoms with Gasteiger partial charge in [0.2, 0.25) is 0 Å². The largest absolute Gasteiger partial charge is 0.490 e. The maximum Gasteiger partial charge on any atom is 0.259 e. The van der Waals surface area contributed by atoms with Crippen molar-refractivity contribution in [3.8, 4) is 17.6 Å². The van der Waals surface area contributed by atoms with E-state index in [1.54, 1.807) is 24.3 Å². The molecule has 0 atom stereocenters. The second kappa shape index (κ2) is 8.90. The number of nitriles is 1. The van der Waals surface area contributed by atoms with E-state index < -0.39 is 5.91 Å². The summed E-state index contributed by atoms with van der Waals surface area (Å²) in [5.41, 5.74) is 6.69. The van der Waals surface area contributed by atoms with E-state index in [-0.39, 0.29) is 5.57 Å². The Hall–Kier alpha value is -2.78. The van der Waals surface area contributed by atoms with Crippen LogP contribution in [0.15, 0.2) is 52.5 Å². The maximum absolute atomic E-state index is 11.2. The van der Waals surface area contributed by atoms with Crippen LogP contribution in [0.25, 0.3) is 6.08 Å². The van der Waals surface area contributed by atoms with Crippen molar-refractivity contribution < 1.29 is 14.3 Å². The van der Waals surface area contributed by atoms with Crippen molar-refractivity contribution in [3.05, 3.63) is 63.6 Å². The van der Waals surface area contributed by atoms with Gasteiger partial charge in [0, 0.05) is 4.47 Å². The molecule has 0 aliphatic carbocycles. The van der Waals surface area contributed by atoms with E-state index in [1.807, 2.05) is 31.2 Å². The average molecular weight is 401 g/mol. The first-order valence-corrected chi connectivity index (χ1v) is 8.38. The molecular formula is C19H17BrN2O3. The Balaban J connectivity index is 2.22. The molecule has 0 unspecified atom stereocenters. The van der Waals surface area contributed by atoms with Gasteiger partial charge in [0.1, 0.15) is 18.2 Å². The van der Waals surface area contributed by atoms with E-state index in [1.165, 1.54) is 6.08 Å². The fourth-order valence-corrected chi connectivity index (χ4v) is 2.33. The number of hydrogen-bond acceptors (Lipinski definition) is 4. The minimum Gasteiger partial charge on any atom is -0.490 e. The van der Waals surface area contributed by atoms with E-state index in [0.717, 1.165) is 10.0 Å². The van der Waals surface area contributed by atoms with Gasteiger partial charge in [-0.1, -0.05) is 34.1 Å². The van der Waals surface area contributed by atoms with Crippen molar-refractivity contribution in [3.63, 3.8) is 0 Å². The summed E-state index contributed by atoms with van der Waals surface area (Å²) < 4.78 is 12.4. The summed E-state index contributed by atoms with van der Waals surface area (Å²) in [5, 5.41) is 8.94. The van der Waals surface area contributed by atoms with Gasteiger partial charge in [0.25, 0.3) is 5.91 Å². The monoisotopic (exact) mass is 400 g/mol. The summed E-state index contributed by atoms with van der Waals surface area (Å²) in [6.07, 6.45) is 1.42. The number of rotatable bonds is 7. The smallest absolute Gasteiger partial charge is 0.259 e. The van der Waals surface area contributed by atoms with Gasteiger partial charge in [-0.15, -0.1) is 0 Å². The van der Waals surface area contributed by atoms with Crippen LogP contribution in [0.5, 0.6) is 11.5 Å². The fourth-order valence-electron chi connectivity index (χ4n) is 2.07. The SMILES string of the molecule is CCOc1cc(/C=C(/C#N)C(N)=O)ccc1OCc1ccc(Br)cc1. The predicted molar refractivity (Wildman–Crippen MR) is 98.9 cm³/mol. The van der Waals surface area contributed by atoms with Crippen molar-refractivity contribution in [2.24, 2.45) is 5.73 Å². The summed E-state index contributed by atoms with van der Waals surface area (Å²) in [4.78, 5) is 11.2. The molecule has 0 aliphatic heterocycles. The first-order chi connectivity index (χ1) is 12.0. The highest BCUT2D eigenvalue weighted by atomic mass is 79.9. The Bertz CT molecular complexity index is 824. The van der Waals surface area contributed by atoms with Gasteiger partial charge in [-0.3, -0.25) is 4.79 Å². The number of hydrogen-bond donors (Lipinski definition) is 1. The maximum atomic E-state index is 11.2. The van der Waals surface area contributed by atoms with Crippen LogP contribution < -0.4 is 15.2 Å². The molecule has 2 aromatic carbocycles. The third-order valence-corrected chi connectivity index (χ3v) is 3.80. The van der Waals surface area contributed by atoms with Crippen LogP contribution in [-0.2, 0) is 11.4 Å². The summed E-state index contributed by atoms with van der Waals surface area (Å²) >= 11 is 3.40. The van der Waals surface area contributed by atoms with E-state index in [4.69, 9.17) is 20.5 Å². The lowest BCUT2D eigenvalue weighted by Gasteiger charge is -2.13.